The maximum absolute atomic E-state index is 6.13. The monoisotopic (exact) mass is 351 g/mol. The highest BCUT2D eigenvalue weighted by Crippen LogP contribution is 2.35. The van der Waals surface area contributed by atoms with Gasteiger partial charge in [0.2, 0.25) is 5.88 Å². The fourth-order valence-electron chi connectivity index (χ4n) is 4.29. The van der Waals surface area contributed by atoms with Crippen LogP contribution < -0.4 is 4.74 Å². The van der Waals surface area contributed by atoms with Gasteiger partial charge in [-0.05, 0) is 67.8 Å². The number of benzene rings is 1. The van der Waals surface area contributed by atoms with Crippen molar-refractivity contribution < 1.29 is 4.74 Å². The van der Waals surface area contributed by atoms with E-state index in [-0.39, 0.29) is 6.10 Å². The van der Waals surface area contributed by atoms with Crippen LogP contribution in [-0.4, -0.2) is 40.3 Å². The van der Waals surface area contributed by atoms with Crippen LogP contribution in [0.4, 0.5) is 0 Å². The van der Waals surface area contributed by atoms with E-state index >= 15 is 0 Å². The molecule has 128 valence electrons. The molecule has 0 radical (unpaired) electrons. The number of hydrogen-bond acceptors (Lipinski definition) is 5. The van der Waals surface area contributed by atoms with Crippen LogP contribution in [0, 0.1) is 0 Å². The van der Waals surface area contributed by atoms with Gasteiger partial charge in [0.15, 0.2) is 0 Å². The number of hydrogen-bond donors (Lipinski definition) is 0. The number of ether oxygens (including phenoxy) is 1. The zero-order valence-electron chi connectivity index (χ0n) is 14.3. The summed E-state index contributed by atoms with van der Waals surface area (Å²) >= 11 is 1.76. The lowest BCUT2D eigenvalue weighted by Crippen LogP contribution is -2.43. The van der Waals surface area contributed by atoms with Crippen LogP contribution >= 0.6 is 11.3 Å². The van der Waals surface area contributed by atoms with Crippen molar-refractivity contribution in [2.45, 2.75) is 43.9 Å². The quantitative estimate of drug-likeness (QED) is 0.703. The molecule has 2 atom stereocenters. The van der Waals surface area contributed by atoms with Gasteiger partial charge in [-0.2, -0.15) is 0 Å². The summed E-state index contributed by atoms with van der Waals surface area (Å²) in [7, 11) is 2.25. The summed E-state index contributed by atoms with van der Waals surface area (Å²) in [6.07, 6.45) is 5.08. The van der Waals surface area contributed by atoms with Gasteiger partial charge in [0.1, 0.15) is 6.10 Å². The van der Waals surface area contributed by atoms with E-state index in [0.717, 1.165) is 24.1 Å². The topological polar surface area (TPSA) is 38.2 Å². The van der Waals surface area contributed by atoms with Crippen molar-refractivity contribution in [3.8, 4) is 17.1 Å². The Kier molecular flexibility index (Phi) is 3.71. The Hall–Kier alpha value is -1.98. The lowest BCUT2D eigenvalue weighted by Gasteiger charge is -2.35. The molecule has 1 aromatic carbocycles. The minimum atomic E-state index is 0.274. The second-order valence-corrected chi connectivity index (χ2v) is 8.14. The summed E-state index contributed by atoms with van der Waals surface area (Å²) in [5, 5.41) is 12.1. The standard InChI is InChI=1S/C20H21N3OS/c1-23-15-3-4-16(23)12-17(11-15)24-20-7-5-18(21-22-20)13-2-6-19-14(10-13)8-9-25-19/h2,5-10,15-17H,3-4,11-12H2,1H3. The molecule has 0 aliphatic carbocycles. The highest BCUT2D eigenvalue weighted by atomic mass is 32.1. The molecule has 2 aliphatic heterocycles. The Labute approximate surface area is 151 Å². The highest BCUT2D eigenvalue weighted by molar-refractivity contribution is 7.17. The molecule has 0 amide bonds. The van der Waals surface area contributed by atoms with Crippen molar-refractivity contribution in [3.63, 3.8) is 0 Å². The van der Waals surface area contributed by atoms with Crippen molar-refractivity contribution in [1.29, 1.82) is 0 Å². The van der Waals surface area contributed by atoms with Gasteiger partial charge in [0, 0.05) is 28.4 Å². The molecule has 2 saturated heterocycles. The van der Waals surface area contributed by atoms with Crippen LogP contribution in [0.15, 0.2) is 41.8 Å². The summed E-state index contributed by atoms with van der Waals surface area (Å²) in [5.74, 6) is 0.648. The summed E-state index contributed by atoms with van der Waals surface area (Å²) in [6, 6.07) is 13.9. The van der Waals surface area contributed by atoms with Crippen molar-refractivity contribution in [2.75, 3.05) is 7.05 Å². The second-order valence-electron chi connectivity index (χ2n) is 7.19. The lowest BCUT2D eigenvalue weighted by atomic mass is 10.0. The highest BCUT2D eigenvalue weighted by Gasteiger charge is 2.39. The van der Waals surface area contributed by atoms with E-state index in [2.05, 4.69) is 51.8 Å². The van der Waals surface area contributed by atoms with Crippen LogP contribution in [0.25, 0.3) is 21.3 Å². The van der Waals surface area contributed by atoms with Crippen molar-refractivity contribution in [3.05, 3.63) is 41.8 Å². The smallest absolute Gasteiger partial charge is 0.233 e. The van der Waals surface area contributed by atoms with Gasteiger partial charge in [-0.3, -0.25) is 0 Å². The first-order chi connectivity index (χ1) is 12.3. The average Bonchev–Trinajstić information content (AvgIpc) is 3.16. The van der Waals surface area contributed by atoms with Crippen molar-refractivity contribution in [2.24, 2.45) is 0 Å². The molecular weight excluding hydrogens is 330 g/mol. The van der Waals surface area contributed by atoms with Crippen molar-refractivity contribution >= 4 is 21.4 Å². The number of nitrogens with zero attached hydrogens (tertiary/aromatic N) is 3. The van der Waals surface area contributed by atoms with Crippen molar-refractivity contribution in [1.82, 2.24) is 15.1 Å². The molecule has 4 heterocycles. The Bertz CT molecular complexity index is 877. The van der Waals surface area contributed by atoms with Gasteiger partial charge in [0.05, 0.1) is 5.69 Å². The van der Waals surface area contributed by atoms with E-state index in [1.807, 2.05) is 12.1 Å². The van der Waals surface area contributed by atoms with Crippen LogP contribution in [0.5, 0.6) is 5.88 Å². The Morgan fingerprint density at radius 1 is 1.04 bits per heavy atom. The van der Waals surface area contributed by atoms with Gasteiger partial charge in [-0.25, -0.2) is 0 Å². The largest absolute Gasteiger partial charge is 0.473 e. The van der Waals surface area contributed by atoms with Crippen LogP contribution in [0.1, 0.15) is 25.7 Å². The van der Waals surface area contributed by atoms with Gasteiger partial charge >= 0.3 is 0 Å². The number of piperidine rings is 1. The SMILES string of the molecule is CN1C2CCC1CC(Oc1ccc(-c3ccc4sccc4c3)nn1)C2. The molecule has 3 aromatic rings. The summed E-state index contributed by atoms with van der Waals surface area (Å²) in [4.78, 5) is 2.52. The zero-order valence-corrected chi connectivity index (χ0v) is 15.1. The van der Waals surface area contributed by atoms with E-state index in [1.165, 1.54) is 22.9 Å². The number of aromatic nitrogens is 2. The first kappa shape index (κ1) is 15.3. The lowest BCUT2D eigenvalue weighted by molar-refractivity contribution is 0.0626. The van der Waals surface area contributed by atoms with Gasteiger partial charge in [-0.1, -0.05) is 6.07 Å². The fourth-order valence-corrected chi connectivity index (χ4v) is 5.06. The molecule has 5 rings (SSSR count). The van der Waals surface area contributed by atoms with Crippen LogP contribution in [-0.2, 0) is 0 Å². The first-order valence-electron chi connectivity index (χ1n) is 8.96. The molecule has 2 unspecified atom stereocenters. The molecule has 5 heteroatoms. The minimum absolute atomic E-state index is 0.274. The summed E-state index contributed by atoms with van der Waals surface area (Å²) in [6.45, 7) is 0. The fraction of sp³-hybridized carbons (Fsp3) is 0.400. The van der Waals surface area contributed by atoms with E-state index in [0.29, 0.717) is 18.0 Å². The predicted octanol–water partition coefficient (Wildman–Crippen LogP) is 4.36. The summed E-state index contributed by atoms with van der Waals surface area (Å²) in [5.41, 5.74) is 1.99. The molecule has 0 N–H and O–H groups in total. The van der Waals surface area contributed by atoms with E-state index in [9.17, 15) is 0 Å². The third-order valence-electron chi connectivity index (χ3n) is 5.73. The minimum Gasteiger partial charge on any atom is -0.473 e. The normalized spacial score (nSPS) is 26.2. The van der Waals surface area contributed by atoms with E-state index in [1.54, 1.807) is 11.3 Å². The average molecular weight is 351 g/mol. The molecule has 2 fully saturated rings. The second kappa shape index (κ2) is 6.07. The third-order valence-corrected chi connectivity index (χ3v) is 6.63. The number of thiophene rings is 1. The van der Waals surface area contributed by atoms with Crippen LogP contribution in [0.2, 0.25) is 0 Å². The number of fused-ring (bicyclic) bond motifs is 3. The maximum atomic E-state index is 6.13. The molecule has 4 nitrogen and oxygen atoms in total. The number of rotatable bonds is 3. The Morgan fingerprint density at radius 2 is 1.88 bits per heavy atom. The van der Waals surface area contributed by atoms with Gasteiger partial charge in [-0.15, -0.1) is 21.5 Å². The van der Waals surface area contributed by atoms with Gasteiger partial charge < -0.3 is 9.64 Å². The summed E-state index contributed by atoms with van der Waals surface area (Å²) < 4.78 is 7.43. The van der Waals surface area contributed by atoms with E-state index < -0.39 is 0 Å². The predicted molar refractivity (Wildman–Crippen MR) is 101 cm³/mol. The molecule has 25 heavy (non-hydrogen) atoms. The Morgan fingerprint density at radius 3 is 2.64 bits per heavy atom. The molecule has 2 aliphatic rings. The Balaban J connectivity index is 1.31. The molecule has 2 bridgehead atoms. The third kappa shape index (κ3) is 2.81. The van der Waals surface area contributed by atoms with Gasteiger partial charge in [0.25, 0.3) is 0 Å². The molecular formula is C20H21N3OS. The molecule has 0 spiro atoms. The maximum Gasteiger partial charge on any atom is 0.233 e. The zero-order chi connectivity index (χ0) is 16.8. The first-order valence-corrected chi connectivity index (χ1v) is 9.84. The molecule has 0 saturated carbocycles. The molecule has 2 aromatic heterocycles. The van der Waals surface area contributed by atoms with Crippen LogP contribution in [0.3, 0.4) is 0 Å². The van der Waals surface area contributed by atoms with E-state index in [4.69, 9.17) is 4.74 Å².